The summed E-state index contributed by atoms with van der Waals surface area (Å²) >= 11 is 0. The van der Waals surface area contributed by atoms with Crippen LogP contribution in [0.15, 0.2) is 83.7 Å². The normalized spacial score (nSPS) is 16.9. The SMILES string of the molecule is CCCc1nn(C)c2c(=O)[nH]c(-c3cc(S(=O)(=O)N4CCC(C(O)CCO)CC4)ccc3OCC)nc12.CCCc1nn(C)c2c(=O)[nH]c(-c3cc(S(=O)(=O)N4CCC(C(O)CCO)CC4)ccc3OCC)nc12.CCCc1nn(C)c2c(=O)[nH]c(-c3cc(S(=O)(=O)N4CCC(C(O)CCO)CC4)ccc3OCC)nc12.Cl.OCCC(O)C1CCNCC1. The van der Waals surface area contributed by atoms with Crippen molar-refractivity contribution < 1.29 is 80.3 Å². The highest BCUT2D eigenvalue weighted by Crippen LogP contribution is 2.39. The van der Waals surface area contributed by atoms with Crippen LogP contribution in [0.25, 0.3) is 67.3 Å². The zero-order chi connectivity index (χ0) is 88.3. The maximum absolute atomic E-state index is 13.5. The molecule has 123 heavy (non-hydrogen) atoms. The summed E-state index contributed by atoms with van der Waals surface area (Å²) in [6, 6.07) is 13.7. The van der Waals surface area contributed by atoms with Crippen LogP contribution in [-0.4, -0.2) is 261 Å². The number of aromatic amines is 3. The first-order chi connectivity index (χ1) is 58.5. The standard InChI is InChI=1S/3C25H35N5O6S.C8H17NO2.ClH/c3*1-4-6-19-22-23(29(3)28-19)25(33)27-24(26-22)18-15-17(7-8-21(18)36-5-2)37(34,35)30-12-9-16(10-13-30)20(32)11-14-31;10-6-3-8(11)7-1-4-9-5-2-7;/h3*7-8,15-16,20,31-32H,4-6,9-14H2,1-3H3,(H,26,27,33);7-11H,1-6H2;1H. The molecule has 6 aromatic heterocycles. The summed E-state index contributed by atoms with van der Waals surface area (Å²) in [5.74, 6) is 2.15. The van der Waals surface area contributed by atoms with Crippen molar-refractivity contribution in [3.63, 3.8) is 0 Å². The maximum atomic E-state index is 13.5. The van der Waals surface area contributed by atoms with Crippen molar-refractivity contribution in [2.75, 3.05) is 98.6 Å². The average molecular weight is 1800 g/mol. The van der Waals surface area contributed by atoms with Crippen LogP contribution in [-0.2, 0) is 70.5 Å². The summed E-state index contributed by atoms with van der Waals surface area (Å²) in [6.45, 7) is 16.0. The van der Waals surface area contributed by atoms with Gasteiger partial charge >= 0.3 is 0 Å². The number of aliphatic hydroxyl groups is 8. The van der Waals surface area contributed by atoms with Crippen molar-refractivity contribution in [1.29, 1.82) is 0 Å². The van der Waals surface area contributed by atoms with Crippen molar-refractivity contribution in [2.45, 2.75) is 196 Å². The molecule has 0 aliphatic carbocycles. The monoisotopic (exact) mass is 1790 g/mol. The highest BCUT2D eigenvalue weighted by Gasteiger charge is 2.37. The van der Waals surface area contributed by atoms with Crippen molar-refractivity contribution in [2.24, 2.45) is 44.8 Å². The van der Waals surface area contributed by atoms with Crippen LogP contribution in [0.3, 0.4) is 0 Å². The third kappa shape index (κ3) is 23.3. The van der Waals surface area contributed by atoms with E-state index < -0.39 is 48.4 Å². The predicted molar refractivity (Wildman–Crippen MR) is 467 cm³/mol. The largest absolute Gasteiger partial charge is 0.493 e. The van der Waals surface area contributed by atoms with Gasteiger partial charge in [-0.05, 0) is 208 Å². The molecule has 0 amide bonds. The minimum absolute atomic E-state index is 0. The number of fused-ring (bicyclic) bond motifs is 3. The lowest BCUT2D eigenvalue weighted by molar-refractivity contribution is 0.0541. The molecule has 9 aromatic rings. The number of nitrogens with zero attached hydrogens (tertiary/aromatic N) is 12. The molecule has 36 nitrogen and oxygen atoms in total. The molecule has 3 aromatic carbocycles. The van der Waals surface area contributed by atoms with Crippen LogP contribution in [0.4, 0.5) is 0 Å². The molecule has 0 radical (unpaired) electrons. The molecule has 4 atom stereocenters. The van der Waals surface area contributed by atoms with Gasteiger partial charge in [0.1, 0.15) is 51.3 Å². The Morgan fingerprint density at radius 1 is 0.398 bits per heavy atom. The molecule has 10 heterocycles. The van der Waals surface area contributed by atoms with E-state index >= 15 is 0 Å². The van der Waals surface area contributed by atoms with E-state index in [1.165, 1.54) is 63.4 Å². The highest BCUT2D eigenvalue weighted by atomic mass is 35.5. The van der Waals surface area contributed by atoms with Crippen molar-refractivity contribution >= 4 is 75.6 Å². The van der Waals surface area contributed by atoms with Gasteiger partial charge in [0, 0.05) is 86.8 Å². The predicted octanol–water partition coefficient (Wildman–Crippen LogP) is 5.61. The molecule has 13 rings (SSSR count). The zero-order valence-corrected chi connectivity index (χ0v) is 74.9. The molecule has 4 aliphatic rings. The minimum atomic E-state index is -3.84. The van der Waals surface area contributed by atoms with Crippen LogP contribution in [0.1, 0.15) is 155 Å². The minimum Gasteiger partial charge on any atom is -0.493 e. The average Bonchev–Trinajstić information content (AvgIpc) is 1.73. The van der Waals surface area contributed by atoms with Crippen LogP contribution in [0, 0.1) is 23.7 Å². The number of aromatic nitrogens is 12. The molecule has 0 bridgehead atoms. The first-order valence-electron chi connectivity index (χ1n) is 42.5. The van der Waals surface area contributed by atoms with Gasteiger partial charge in [0.25, 0.3) is 16.7 Å². The number of piperidine rings is 4. The Hall–Kier alpha value is -8.23. The van der Waals surface area contributed by atoms with E-state index in [1.807, 2.05) is 41.5 Å². The number of halogens is 1. The molecule has 680 valence electrons. The second-order valence-corrected chi connectivity index (χ2v) is 37.0. The number of ether oxygens (including phenoxy) is 3. The molecule has 4 aliphatic heterocycles. The van der Waals surface area contributed by atoms with E-state index in [-0.39, 0.29) is 170 Å². The fourth-order valence-electron chi connectivity index (χ4n) is 16.4. The third-order valence-corrected chi connectivity index (χ3v) is 28.6. The van der Waals surface area contributed by atoms with Crippen LogP contribution in [0.5, 0.6) is 17.2 Å². The van der Waals surface area contributed by atoms with E-state index in [0.29, 0.717) is 174 Å². The van der Waals surface area contributed by atoms with E-state index in [2.05, 4.69) is 35.6 Å². The molecule has 0 spiro atoms. The van der Waals surface area contributed by atoms with E-state index in [1.54, 1.807) is 39.3 Å². The number of benzene rings is 3. The lowest BCUT2D eigenvalue weighted by atomic mass is 9.91. The Kier molecular flexibility index (Phi) is 36.3. The van der Waals surface area contributed by atoms with Crippen LogP contribution in [0.2, 0.25) is 0 Å². The molecule has 40 heteroatoms. The number of sulfonamides is 3. The van der Waals surface area contributed by atoms with Gasteiger partial charge in [0.15, 0.2) is 16.6 Å². The van der Waals surface area contributed by atoms with Gasteiger partial charge in [0.2, 0.25) is 30.1 Å². The number of aliphatic hydroxyl groups excluding tert-OH is 8. The lowest BCUT2D eigenvalue weighted by Crippen LogP contribution is -2.41. The quantitative estimate of drug-likeness (QED) is 0.0238. The van der Waals surface area contributed by atoms with Crippen molar-refractivity contribution in [3.05, 3.63) is 103 Å². The molecular weight excluding hydrogens is 1670 g/mol. The fourth-order valence-corrected chi connectivity index (χ4v) is 20.9. The Balaban J connectivity index is 0.000000196. The van der Waals surface area contributed by atoms with Crippen LogP contribution < -0.4 is 36.2 Å². The lowest BCUT2D eigenvalue weighted by Gasteiger charge is -2.33. The molecule has 12 N–H and O–H groups in total. The Labute approximate surface area is 723 Å². The second-order valence-electron chi connectivity index (χ2n) is 31.2. The summed E-state index contributed by atoms with van der Waals surface area (Å²) < 4.78 is 107. The van der Waals surface area contributed by atoms with Gasteiger partial charge in [-0.2, -0.15) is 28.2 Å². The number of hydrogen-bond donors (Lipinski definition) is 12. The third-order valence-electron chi connectivity index (χ3n) is 22.9. The summed E-state index contributed by atoms with van der Waals surface area (Å²) in [5, 5.41) is 92.5. The van der Waals surface area contributed by atoms with E-state index in [9.17, 15) is 60.1 Å². The van der Waals surface area contributed by atoms with Crippen LogP contribution >= 0.6 is 12.4 Å². The van der Waals surface area contributed by atoms with Gasteiger partial charge in [-0.3, -0.25) is 28.4 Å². The molecule has 4 saturated heterocycles. The number of aryl methyl sites for hydroxylation is 6. The molecule has 4 unspecified atom stereocenters. The summed E-state index contributed by atoms with van der Waals surface area (Å²) in [4.78, 5) is 61.6. The maximum Gasteiger partial charge on any atom is 0.277 e. The Bertz CT molecular complexity index is 5010. The summed E-state index contributed by atoms with van der Waals surface area (Å²) in [7, 11) is -6.43. The zero-order valence-electron chi connectivity index (χ0n) is 71.6. The first-order valence-corrected chi connectivity index (χ1v) is 46.8. The topological polar surface area (TPSA) is 504 Å². The highest BCUT2D eigenvalue weighted by molar-refractivity contribution is 7.89. The van der Waals surface area contributed by atoms with Gasteiger partial charge < -0.3 is 75.3 Å². The smallest absolute Gasteiger partial charge is 0.277 e. The number of H-pyrrole nitrogens is 3. The number of hydrogen-bond acceptors (Lipinski definition) is 27. The Morgan fingerprint density at radius 3 is 0.870 bits per heavy atom. The second kappa shape index (κ2) is 45.3. The fraction of sp³-hybridized carbons (Fsp3) is 0.602. The van der Waals surface area contributed by atoms with Gasteiger partial charge in [0.05, 0.1) is 92.7 Å². The summed E-state index contributed by atoms with van der Waals surface area (Å²) in [6.07, 6.45) is 8.79. The molecular formula is C83H123ClN16O20S3. The van der Waals surface area contributed by atoms with Gasteiger partial charge in [-0.1, -0.05) is 40.0 Å². The molecule has 0 saturated carbocycles. The summed E-state index contributed by atoms with van der Waals surface area (Å²) in [5.41, 5.74) is 4.71. The van der Waals surface area contributed by atoms with Crippen molar-refractivity contribution in [3.8, 4) is 51.4 Å². The van der Waals surface area contributed by atoms with E-state index in [0.717, 1.165) is 45.2 Å². The number of nitrogens with one attached hydrogen (secondary N) is 4. The van der Waals surface area contributed by atoms with Gasteiger partial charge in [-0.15, -0.1) is 12.4 Å². The molecule has 4 fully saturated rings. The number of rotatable bonds is 33. The van der Waals surface area contributed by atoms with Gasteiger partial charge in [-0.25, -0.2) is 40.2 Å². The van der Waals surface area contributed by atoms with E-state index in [4.69, 9.17) is 49.6 Å². The Morgan fingerprint density at radius 2 is 0.642 bits per heavy atom. The first kappa shape index (κ1) is 98.6. The van der Waals surface area contributed by atoms with Crippen molar-refractivity contribution in [1.82, 2.24) is 77.5 Å².